The van der Waals surface area contributed by atoms with Gasteiger partial charge in [-0.3, -0.25) is 10.1 Å². The molecule has 20 heavy (non-hydrogen) atoms. The van der Waals surface area contributed by atoms with Crippen molar-refractivity contribution in [1.82, 2.24) is 4.72 Å². The molecule has 0 fully saturated rings. The lowest BCUT2D eigenvalue weighted by Gasteiger charge is -2.24. The largest absolute Gasteiger partial charge is 0.502 e. The first kappa shape index (κ1) is 16.3. The normalized spacial score (nSPS) is 12.3. The molecule has 2 N–H and O–H groups in total. The number of rotatable bonds is 6. The third kappa shape index (κ3) is 3.89. The minimum Gasteiger partial charge on any atom is -0.502 e. The summed E-state index contributed by atoms with van der Waals surface area (Å²) in [5.41, 5.74) is -1.54. The Morgan fingerprint density at radius 3 is 2.55 bits per heavy atom. The van der Waals surface area contributed by atoms with Crippen molar-refractivity contribution >= 4 is 15.7 Å². The summed E-state index contributed by atoms with van der Waals surface area (Å²) >= 11 is 0. The van der Waals surface area contributed by atoms with Crippen LogP contribution in [-0.2, 0) is 14.8 Å². The summed E-state index contributed by atoms with van der Waals surface area (Å²) in [6, 6.07) is 2.87. The van der Waals surface area contributed by atoms with Crippen LogP contribution in [0.25, 0.3) is 0 Å². The Morgan fingerprint density at radius 1 is 1.45 bits per heavy atom. The molecule has 0 atom stereocenters. The van der Waals surface area contributed by atoms with E-state index in [1.165, 1.54) is 7.11 Å². The maximum atomic E-state index is 12.1. The molecule has 8 nitrogen and oxygen atoms in total. The Morgan fingerprint density at radius 2 is 2.05 bits per heavy atom. The fourth-order valence-corrected chi connectivity index (χ4v) is 3.05. The molecule has 0 bridgehead atoms. The molecule has 0 amide bonds. The SMILES string of the molecule is COCC(C)(C)NS(=O)(=O)c1ccc(O)c([N+](=O)[O-])c1. The second-order valence-electron chi connectivity index (χ2n) is 4.83. The molecule has 1 aromatic carbocycles. The lowest BCUT2D eigenvalue weighted by molar-refractivity contribution is -0.386. The maximum Gasteiger partial charge on any atom is 0.312 e. The average Bonchev–Trinajstić information content (AvgIpc) is 2.26. The molecular formula is C11H16N2O6S. The minimum absolute atomic E-state index is 0.131. The topological polar surface area (TPSA) is 119 Å². The first-order valence-electron chi connectivity index (χ1n) is 5.59. The Balaban J connectivity index is 3.17. The van der Waals surface area contributed by atoms with Gasteiger partial charge < -0.3 is 9.84 Å². The number of benzene rings is 1. The number of nitro benzene ring substituents is 1. The molecule has 0 saturated heterocycles. The smallest absolute Gasteiger partial charge is 0.312 e. The average molecular weight is 304 g/mol. The highest BCUT2D eigenvalue weighted by molar-refractivity contribution is 7.89. The molecule has 9 heteroatoms. The van der Waals surface area contributed by atoms with Crippen molar-refractivity contribution in [3.05, 3.63) is 28.3 Å². The number of phenolic OH excluding ortho intramolecular Hbond substituents is 1. The molecule has 1 aromatic rings. The molecule has 0 saturated carbocycles. The van der Waals surface area contributed by atoms with Gasteiger partial charge in [0.1, 0.15) is 0 Å². The van der Waals surface area contributed by atoms with Crippen molar-refractivity contribution in [2.24, 2.45) is 0 Å². The van der Waals surface area contributed by atoms with Crippen molar-refractivity contribution in [1.29, 1.82) is 0 Å². The van der Waals surface area contributed by atoms with E-state index in [1.54, 1.807) is 13.8 Å². The monoisotopic (exact) mass is 304 g/mol. The zero-order chi connectivity index (χ0) is 15.6. The van der Waals surface area contributed by atoms with E-state index in [4.69, 9.17) is 4.74 Å². The Hall–Kier alpha value is -1.71. The van der Waals surface area contributed by atoms with E-state index in [0.29, 0.717) is 0 Å². The van der Waals surface area contributed by atoms with E-state index in [0.717, 1.165) is 18.2 Å². The third-order valence-electron chi connectivity index (χ3n) is 2.37. The van der Waals surface area contributed by atoms with E-state index >= 15 is 0 Å². The number of nitrogens with one attached hydrogen (secondary N) is 1. The number of hydrogen-bond acceptors (Lipinski definition) is 6. The van der Waals surface area contributed by atoms with Gasteiger partial charge in [-0.15, -0.1) is 0 Å². The highest BCUT2D eigenvalue weighted by Gasteiger charge is 2.28. The summed E-state index contributed by atoms with van der Waals surface area (Å²) in [7, 11) is -2.53. The molecule has 112 valence electrons. The molecule has 0 spiro atoms. The van der Waals surface area contributed by atoms with Gasteiger partial charge in [0, 0.05) is 13.2 Å². The van der Waals surface area contributed by atoms with Gasteiger partial charge in [0.2, 0.25) is 10.0 Å². The van der Waals surface area contributed by atoms with Crippen molar-refractivity contribution in [2.45, 2.75) is 24.3 Å². The van der Waals surface area contributed by atoms with Crippen LogP contribution in [0.4, 0.5) is 5.69 Å². The van der Waals surface area contributed by atoms with Crippen molar-refractivity contribution in [3.63, 3.8) is 0 Å². The highest BCUT2D eigenvalue weighted by atomic mass is 32.2. The number of nitrogens with zero attached hydrogens (tertiary/aromatic N) is 1. The van der Waals surface area contributed by atoms with Crippen LogP contribution in [-0.4, -0.2) is 37.7 Å². The summed E-state index contributed by atoms with van der Waals surface area (Å²) in [5, 5.41) is 20.0. The number of methoxy groups -OCH3 is 1. The summed E-state index contributed by atoms with van der Waals surface area (Å²) in [4.78, 5) is 9.55. The number of nitro groups is 1. The second kappa shape index (κ2) is 5.73. The van der Waals surface area contributed by atoms with Gasteiger partial charge in [-0.2, -0.15) is 0 Å². The molecule has 0 unspecified atom stereocenters. The maximum absolute atomic E-state index is 12.1. The van der Waals surface area contributed by atoms with Gasteiger partial charge in [-0.25, -0.2) is 13.1 Å². The van der Waals surface area contributed by atoms with Crippen molar-refractivity contribution in [2.75, 3.05) is 13.7 Å². The van der Waals surface area contributed by atoms with Crippen LogP contribution in [0.3, 0.4) is 0 Å². The van der Waals surface area contributed by atoms with E-state index in [-0.39, 0.29) is 11.5 Å². The molecule has 0 aliphatic carbocycles. The number of ether oxygens (including phenoxy) is 1. The first-order chi connectivity index (χ1) is 9.09. The molecular weight excluding hydrogens is 288 g/mol. The Labute approximate surface area is 116 Å². The van der Waals surface area contributed by atoms with E-state index in [9.17, 15) is 23.6 Å². The quantitative estimate of drug-likeness (QED) is 0.598. The van der Waals surface area contributed by atoms with Crippen LogP contribution in [0, 0.1) is 10.1 Å². The molecule has 0 aliphatic heterocycles. The van der Waals surface area contributed by atoms with E-state index in [2.05, 4.69) is 4.72 Å². The van der Waals surface area contributed by atoms with Crippen LogP contribution in [0.5, 0.6) is 5.75 Å². The molecule has 0 radical (unpaired) electrons. The summed E-state index contributed by atoms with van der Waals surface area (Å²) in [6.07, 6.45) is 0. The molecule has 0 aromatic heterocycles. The standard InChI is InChI=1S/C11H16N2O6S/c1-11(2,7-19-3)12-20(17,18)8-4-5-10(14)9(6-8)13(15)16/h4-6,12,14H,7H2,1-3H3. The van der Waals surface area contributed by atoms with E-state index in [1.807, 2.05) is 0 Å². The predicted molar refractivity (Wildman–Crippen MR) is 71.0 cm³/mol. The van der Waals surface area contributed by atoms with Crippen molar-refractivity contribution in [3.8, 4) is 5.75 Å². The second-order valence-corrected chi connectivity index (χ2v) is 6.51. The number of hydrogen-bond donors (Lipinski definition) is 2. The fraction of sp³-hybridized carbons (Fsp3) is 0.455. The van der Waals surface area contributed by atoms with Gasteiger partial charge in [0.25, 0.3) is 0 Å². The zero-order valence-corrected chi connectivity index (χ0v) is 12.1. The van der Waals surface area contributed by atoms with Crippen LogP contribution in [0.1, 0.15) is 13.8 Å². The molecule has 0 heterocycles. The lowest BCUT2D eigenvalue weighted by atomic mass is 10.1. The van der Waals surface area contributed by atoms with Gasteiger partial charge in [-0.05, 0) is 26.0 Å². The van der Waals surface area contributed by atoms with Crippen LogP contribution >= 0.6 is 0 Å². The van der Waals surface area contributed by atoms with E-state index < -0.39 is 31.9 Å². The Bertz CT molecular complexity index is 611. The van der Waals surface area contributed by atoms with Crippen LogP contribution in [0.15, 0.2) is 23.1 Å². The van der Waals surface area contributed by atoms with Gasteiger partial charge in [0.15, 0.2) is 5.75 Å². The lowest BCUT2D eigenvalue weighted by Crippen LogP contribution is -2.46. The summed E-state index contributed by atoms with van der Waals surface area (Å²) in [6.45, 7) is 3.36. The number of phenols is 1. The highest BCUT2D eigenvalue weighted by Crippen LogP contribution is 2.28. The van der Waals surface area contributed by atoms with Crippen LogP contribution in [0.2, 0.25) is 0 Å². The van der Waals surface area contributed by atoms with Crippen molar-refractivity contribution < 1.29 is 23.2 Å². The summed E-state index contributed by atoms with van der Waals surface area (Å²) in [5.74, 6) is -0.592. The van der Waals surface area contributed by atoms with Crippen LogP contribution < -0.4 is 4.72 Å². The molecule has 0 aliphatic rings. The van der Waals surface area contributed by atoms with Gasteiger partial charge >= 0.3 is 5.69 Å². The molecule has 1 rings (SSSR count). The minimum atomic E-state index is -3.96. The third-order valence-corrected chi connectivity index (χ3v) is 4.07. The Kier molecular flexibility index (Phi) is 4.69. The van der Waals surface area contributed by atoms with Gasteiger partial charge in [0.05, 0.1) is 22.0 Å². The zero-order valence-electron chi connectivity index (χ0n) is 11.3. The fourth-order valence-electron chi connectivity index (χ4n) is 1.63. The predicted octanol–water partition coefficient (Wildman–Crippen LogP) is 1.00. The number of sulfonamides is 1. The van der Waals surface area contributed by atoms with Gasteiger partial charge in [-0.1, -0.05) is 0 Å². The summed E-state index contributed by atoms with van der Waals surface area (Å²) < 4.78 is 31.5. The number of aromatic hydroxyl groups is 1. The first-order valence-corrected chi connectivity index (χ1v) is 7.08.